The topological polar surface area (TPSA) is 84.0 Å². The van der Waals surface area contributed by atoms with E-state index in [1.54, 1.807) is 6.07 Å². The normalized spacial score (nSPS) is 14.9. The lowest BCUT2D eigenvalue weighted by molar-refractivity contribution is -0.118. The van der Waals surface area contributed by atoms with Gasteiger partial charge in [-0.05, 0) is 43.7 Å². The van der Waals surface area contributed by atoms with Gasteiger partial charge >= 0.3 is 0 Å². The predicted octanol–water partition coefficient (Wildman–Crippen LogP) is 3.51. The molecule has 0 radical (unpaired) electrons. The molecule has 2 N–H and O–H groups in total. The van der Waals surface area contributed by atoms with Crippen molar-refractivity contribution in [2.45, 2.75) is 52.0 Å². The van der Waals surface area contributed by atoms with E-state index in [0.29, 0.717) is 23.0 Å². The molecule has 6 nitrogen and oxygen atoms in total. The first-order chi connectivity index (χ1) is 12.4. The summed E-state index contributed by atoms with van der Waals surface area (Å²) < 4.78 is 0. The van der Waals surface area contributed by atoms with Gasteiger partial charge in [-0.2, -0.15) is 0 Å². The lowest BCUT2D eigenvalue weighted by Crippen LogP contribution is -2.44. The lowest BCUT2D eigenvalue weighted by atomic mass is 10.0. The molecule has 0 aliphatic heterocycles. The van der Waals surface area contributed by atoms with E-state index < -0.39 is 6.04 Å². The molecule has 7 heteroatoms. The number of nitrogens with one attached hydrogen (secondary N) is 2. The van der Waals surface area contributed by atoms with E-state index in [-0.39, 0.29) is 17.7 Å². The number of rotatable bonds is 7. The Morgan fingerprint density at radius 2 is 1.96 bits per heavy atom. The molecule has 0 saturated heterocycles. The van der Waals surface area contributed by atoms with Gasteiger partial charge in [0.25, 0.3) is 5.91 Å². The third kappa shape index (κ3) is 4.66. The van der Waals surface area contributed by atoms with Crippen molar-refractivity contribution in [1.29, 1.82) is 0 Å². The molecule has 0 spiro atoms. The molecule has 3 rings (SSSR count). The van der Waals surface area contributed by atoms with Crippen molar-refractivity contribution in [2.24, 2.45) is 5.92 Å². The highest BCUT2D eigenvalue weighted by atomic mass is 32.1. The Balaban J connectivity index is 1.68. The van der Waals surface area contributed by atoms with Gasteiger partial charge in [0.15, 0.2) is 0 Å². The maximum absolute atomic E-state index is 12.7. The zero-order valence-corrected chi connectivity index (χ0v) is 16.1. The minimum Gasteiger partial charge on any atom is -0.340 e. The molecule has 1 fully saturated rings. The van der Waals surface area contributed by atoms with Crippen LogP contribution in [0.5, 0.6) is 0 Å². The van der Waals surface area contributed by atoms with Crippen LogP contribution in [0.25, 0.3) is 0 Å². The first-order valence-corrected chi connectivity index (χ1v) is 9.76. The quantitative estimate of drug-likeness (QED) is 0.779. The molecule has 1 aromatic carbocycles. The fourth-order valence-electron chi connectivity index (χ4n) is 2.74. The average Bonchev–Trinajstić information content (AvgIpc) is 3.34. The van der Waals surface area contributed by atoms with Crippen LogP contribution < -0.4 is 10.6 Å². The van der Waals surface area contributed by atoms with Gasteiger partial charge < -0.3 is 5.32 Å². The summed E-state index contributed by atoms with van der Waals surface area (Å²) >= 11 is 1.42. The van der Waals surface area contributed by atoms with Crippen LogP contribution in [-0.4, -0.2) is 28.1 Å². The molecular weight excluding hydrogens is 348 g/mol. The number of hydrogen-bond acceptors (Lipinski definition) is 5. The van der Waals surface area contributed by atoms with Crippen LogP contribution in [-0.2, 0) is 4.79 Å². The van der Waals surface area contributed by atoms with Gasteiger partial charge in [0.1, 0.15) is 11.0 Å². The van der Waals surface area contributed by atoms with Crippen molar-refractivity contribution in [2.75, 3.05) is 5.32 Å². The largest absolute Gasteiger partial charge is 0.340 e. The number of anilines is 1. The molecule has 138 valence electrons. The van der Waals surface area contributed by atoms with Crippen molar-refractivity contribution < 1.29 is 9.59 Å². The number of benzene rings is 1. The van der Waals surface area contributed by atoms with Crippen LogP contribution in [0, 0.1) is 12.8 Å². The number of nitrogens with zero attached hydrogens (tertiary/aromatic N) is 2. The molecular formula is C19H24N4O2S. The van der Waals surface area contributed by atoms with Crippen LogP contribution in [0.4, 0.5) is 5.13 Å². The molecule has 0 unspecified atom stereocenters. The van der Waals surface area contributed by atoms with E-state index in [2.05, 4.69) is 20.8 Å². The van der Waals surface area contributed by atoms with Crippen LogP contribution in [0.2, 0.25) is 0 Å². The third-order valence-electron chi connectivity index (χ3n) is 4.32. The second-order valence-corrected chi connectivity index (χ2v) is 8.19. The maximum atomic E-state index is 12.7. The summed E-state index contributed by atoms with van der Waals surface area (Å²) in [5.74, 6) is 0.281. The average molecular weight is 372 g/mol. The smallest absolute Gasteiger partial charge is 0.252 e. The minimum absolute atomic E-state index is 0.236. The Hall–Kier alpha value is -2.28. The van der Waals surface area contributed by atoms with Gasteiger partial charge in [0.2, 0.25) is 11.0 Å². The number of aromatic nitrogens is 2. The summed E-state index contributed by atoms with van der Waals surface area (Å²) in [5, 5.41) is 15.4. The van der Waals surface area contributed by atoms with Gasteiger partial charge in [-0.15, -0.1) is 10.2 Å². The molecule has 2 aromatic rings. The second-order valence-electron chi connectivity index (χ2n) is 7.18. The van der Waals surface area contributed by atoms with E-state index in [4.69, 9.17) is 0 Å². The summed E-state index contributed by atoms with van der Waals surface area (Å²) in [7, 11) is 0. The van der Waals surface area contributed by atoms with Crippen LogP contribution >= 0.6 is 11.3 Å². The van der Waals surface area contributed by atoms with E-state index >= 15 is 0 Å². The highest BCUT2D eigenvalue weighted by Crippen LogP contribution is 2.42. The standard InChI is InChI=1S/C19H24N4O2S/c1-11(2)10-15(20-16(24)14-7-5-4-6-12(14)3)17(25)21-19-23-22-18(26-19)13-8-9-13/h4-7,11,13,15H,8-10H2,1-3H3,(H,20,24)(H,21,23,25)/t15-/m0/s1. The summed E-state index contributed by atoms with van der Waals surface area (Å²) in [5.41, 5.74) is 1.47. The summed E-state index contributed by atoms with van der Waals surface area (Å²) in [6.07, 6.45) is 2.84. The van der Waals surface area contributed by atoms with Gasteiger partial charge in [0.05, 0.1) is 0 Å². The van der Waals surface area contributed by atoms with Gasteiger partial charge in [-0.3, -0.25) is 14.9 Å². The SMILES string of the molecule is Cc1ccccc1C(=O)N[C@@H](CC(C)C)C(=O)Nc1nnc(C2CC2)s1. The zero-order valence-electron chi connectivity index (χ0n) is 15.3. The molecule has 2 amide bonds. The fraction of sp³-hybridized carbons (Fsp3) is 0.474. The Bertz CT molecular complexity index is 798. The van der Waals surface area contributed by atoms with E-state index in [1.165, 1.54) is 11.3 Å². The molecule has 1 heterocycles. The zero-order chi connectivity index (χ0) is 18.7. The van der Waals surface area contributed by atoms with Crippen molar-refractivity contribution in [3.63, 3.8) is 0 Å². The van der Waals surface area contributed by atoms with Crippen molar-refractivity contribution in [1.82, 2.24) is 15.5 Å². The summed E-state index contributed by atoms with van der Waals surface area (Å²) in [6, 6.07) is 6.74. The minimum atomic E-state index is -0.615. The molecule has 1 saturated carbocycles. The number of amides is 2. The van der Waals surface area contributed by atoms with Crippen LogP contribution in [0.1, 0.15) is 60.0 Å². The predicted molar refractivity (Wildman–Crippen MR) is 102 cm³/mol. The highest BCUT2D eigenvalue weighted by molar-refractivity contribution is 7.15. The number of hydrogen-bond donors (Lipinski definition) is 2. The fourth-order valence-corrected chi connectivity index (χ4v) is 3.65. The Labute approximate surface area is 157 Å². The summed E-state index contributed by atoms with van der Waals surface area (Å²) in [4.78, 5) is 25.3. The molecule has 1 atom stereocenters. The lowest BCUT2D eigenvalue weighted by Gasteiger charge is -2.20. The van der Waals surface area contributed by atoms with Crippen LogP contribution in [0.15, 0.2) is 24.3 Å². The third-order valence-corrected chi connectivity index (χ3v) is 5.32. The molecule has 26 heavy (non-hydrogen) atoms. The maximum Gasteiger partial charge on any atom is 0.252 e. The van der Waals surface area contributed by atoms with Crippen molar-refractivity contribution in [3.8, 4) is 0 Å². The number of carbonyl (C=O) groups excluding carboxylic acids is 2. The van der Waals surface area contributed by atoms with E-state index in [9.17, 15) is 9.59 Å². The Kier molecular flexibility index (Phi) is 5.66. The number of aryl methyl sites for hydroxylation is 1. The first kappa shape index (κ1) is 18.5. The molecule has 1 aliphatic rings. The Morgan fingerprint density at radius 3 is 2.62 bits per heavy atom. The molecule has 1 aliphatic carbocycles. The highest BCUT2D eigenvalue weighted by Gasteiger charge is 2.29. The second kappa shape index (κ2) is 7.95. The van der Waals surface area contributed by atoms with Crippen molar-refractivity contribution in [3.05, 3.63) is 40.4 Å². The van der Waals surface area contributed by atoms with Crippen LogP contribution in [0.3, 0.4) is 0 Å². The first-order valence-electron chi connectivity index (χ1n) is 8.94. The molecule has 1 aromatic heterocycles. The molecule has 0 bridgehead atoms. The van der Waals surface area contributed by atoms with Gasteiger partial charge in [0, 0.05) is 11.5 Å². The Morgan fingerprint density at radius 1 is 1.23 bits per heavy atom. The number of carbonyl (C=O) groups is 2. The monoisotopic (exact) mass is 372 g/mol. The van der Waals surface area contributed by atoms with Gasteiger partial charge in [-0.1, -0.05) is 43.4 Å². The van der Waals surface area contributed by atoms with Crippen molar-refractivity contribution >= 4 is 28.3 Å². The summed E-state index contributed by atoms with van der Waals surface area (Å²) in [6.45, 7) is 5.93. The van der Waals surface area contributed by atoms with Gasteiger partial charge in [-0.25, -0.2) is 0 Å². The van der Waals surface area contributed by atoms with E-state index in [1.807, 2.05) is 39.0 Å². The van der Waals surface area contributed by atoms with E-state index in [0.717, 1.165) is 23.4 Å².